The highest BCUT2D eigenvalue weighted by atomic mass is 16.5. The van der Waals surface area contributed by atoms with Crippen molar-refractivity contribution in [1.29, 1.82) is 0 Å². The third-order valence-corrected chi connectivity index (χ3v) is 2.24. The zero-order chi connectivity index (χ0) is 11.3. The van der Waals surface area contributed by atoms with Gasteiger partial charge in [0, 0.05) is 6.04 Å². The molecule has 0 radical (unpaired) electrons. The molecule has 0 fully saturated rings. The Hall–Kier alpha value is -1.39. The first-order valence-electron chi connectivity index (χ1n) is 4.83. The molecule has 0 aliphatic carbocycles. The Bertz CT molecular complexity index is 339. The largest absolute Gasteiger partial charge is 0.465 e. The molecule has 4 heteroatoms. The standard InChI is InChI=1S/C11H16N2O2/c1-15-11(14)9-5-3-2-4-8(9)10(13)6-7-12/h2-5,10H,6-7,12-13H2,1H3/t10-/m0/s1. The predicted molar refractivity (Wildman–Crippen MR) is 58.4 cm³/mol. The number of benzene rings is 1. The van der Waals surface area contributed by atoms with Crippen LogP contribution in [-0.2, 0) is 4.74 Å². The summed E-state index contributed by atoms with van der Waals surface area (Å²) in [5, 5.41) is 0. The number of ether oxygens (including phenoxy) is 1. The maximum atomic E-state index is 11.4. The van der Waals surface area contributed by atoms with E-state index in [1.807, 2.05) is 12.1 Å². The van der Waals surface area contributed by atoms with Crippen LogP contribution in [0.5, 0.6) is 0 Å². The first kappa shape index (κ1) is 11.7. The average Bonchev–Trinajstić information content (AvgIpc) is 2.28. The summed E-state index contributed by atoms with van der Waals surface area (Å²) < 4.78 is 4.68. The third-order valence-electron chi connectivity index (χ3n) is 2.24. The predicted octanol–water partition coefficient (Wildman–Crippen LogP) is 0.822. The third kappa shape index (κ3) is 2.78. The first-order valence-corrected chi connectivity index (χ1v) is 4.83. The van der Waals surface area contributed by atoms with Crippen LogP contribution in [0.2, 0.25) is 0 Å². The van der Waals surface area contributed by atoms with Gasteiger partial charge >= 0.3 is 5.97 Å². The summed E-state index contributed by atoms with van der Waals surface area (Å²) >= 11 is 0. The van der Waals surface area contributed by atoms with Crippen molar-refractivity contribution in [3.05, 3.63) is 35.4 Å². The number of nitrogens with two attached hydrogens (primary N) is 2. The summed E-state index contributed by atoms with van der Waals surface area (Å²) in [5.41, 5.74) is 12.6. The van der Waals surface area contributed by atoms with Gasteiger partial charge in [0.1, 0.15) is 0 Å². The smallest absolute Gasteiger partial charge is 0.338 e. The zero-order valence-corrected chi connectivity index (χ0v) is 8.77. The Balaban J connectivity index is 3.00. The van der Waals surface area contributed by atoms with Crippen molar-refractivity contribution in [2.24, 2.45) is 11.5 Å². The molecule has 0 amide bonds. The molecule has 0 saturated heterocycles. The van der Waals surface area contributed by atoms with Gasteiger partial charge in [-0.1, -0.05) is 18.2 Å². The van der Waals surface area contributed by atoms with Crippen molar-refractivity contribution < 1.29 is 9.53 Å². The van der Waals surface area contributed by atoms with Gasteiger partial charge in [-0.25, -0.2) is 4.79 Å². The molecular weight excluding hydrogens is 192 g/mol. The van der Waals surface area contributed by atoms with Crippen LogP contribution >= 0.6 is 0 Å². The molecule has 0 aliphatic rings. The second-order valence-corrected chi connectivity index (χ2v) is 3.26. The highest BCUT2D eigenvalue weighted by Gasteiger charge is 2.15. The van der Waals surface area contributed by atoms with Crippen molar-refractivity contribution in [2.75, 3.05) is 13.7 Å². The fourth-order valence-electron chi connectivity index (χ4n) is 1.45. The summed E-state index contributed by atoms with van der Waals surface area (Å²) in [6.07, 6.45) is 0.647. The molecule has 0 spiro atoms. The van der Waals surface area contributed by atoms with E-state index < -0.39 is 0 Å². The van der Waals surface area contributed by atoms with Crippen LogP contribution in [0.3, 0.4) is 0 Å². The summed E-state index contributed by atoms with van der Waals surface area (Å²) in [6, 6.07) is 6.94. The zero-order valence-electron chi connectivity index (χ0n) is 8.77. The quantitative estimate of drug-likeness (QED) is 0.718. The van der Waals surface area contributed by atoms with Gasteiger partial charge in [-0.15, -0.1) is 0 Å². The molecule has 82 valence electrons. The van der Waals surface area contributed by atoms with Gasteiger partial charge in [-0.2, -0.15) is 0 Å². The molecule has 0 saturated carbocycles. The van der Waals surface area contributed by atoms with Crippen molar-refractivity contribution in [3.63, 3.8) is 0 Å². The molecule has 4 nitrogen and oxygen atoms in total. The second kappa shape index (κ2) is 5.48. The molecule has 1 aromatic carbocycles. The number of carbonyl (C=O) groups excluding carboxylic acids is 1. The highest BCUT2D eigenvalue weighted by Crippen LogP contribution is 2.18. The molecule has 0 unspecified atom stereocenters. The molecule has 1 aromatic rings. The molecule has 0 aromatic heterocycles. The molecule has 1 atom stereocenters. The van der Waals surface area contributed by atoms with E-state index >= 15 is 0 Å². The lowest BCUT2D eigenvalue weighted by Gasteiger charge is -2.14. The van der Waals surface area contributed by atoms with Gasteiger partial charge in [0.2, 0.25) is 0 Å². The Morgan fingerprint density at radius 2 is 2.13 bits per heavy atom. The van der Waals surface area contributed by atoms with Crippen LogP contribution in [0.4, 0.5) is 0 Å². The Morgan fingerprint density at radius 3 is 2.73 bits per heavy atom. The Labute approximate surface area is 89.2 Å². The number of rotatable bonds is 4. The SMILES string of the molecule is COC(=O)c1ccccc1[C@@H](N)CCN. The van der Waals surface area contributed by atoms with Gasteiger partial charge in [0.05, 0.1) is 12.7 Å². The number of hydrogen-bond donors (Lipinski definition) is 2. The van der Waals surface area contributed by atoms with E-state index in [0.717, 1.165) is 5.56 Å². The van der Waals surface area contributed by atoms with Gasteiger partial charge in [0.25, 0.3) is 0 Å². The molecule has 0 bridgehead atoms. The van der Waals surface area contributed by atoms with E-state index in [2.05, 4.69) is 4.74 Å². The number of esters is 1. The van der Waals surface area contributed by atoms with E-state index in [1.165, 1.54) is 7.11 Å². The molecule has 15 heavy (non-hydrogen) atoms. The monoisotopic (exact) mass is 208 g/mol. The van der Waals surface area contributed by atoms with E-state index in [0.29, 0.717) is 18.5 Å². The lowest BCUT2D eigenvalue weighted by Crippen LogP contribution is -2.18. The fraction of sp³-hybridized carbons (Fsp3) is 0.364. The average molecular weight is 208 g/mol. The molecule has 0 aliphatic heterocycles. The van der Waals surface area contributed by atoms with Gasteiger partial charge in [-0.05, 0) is 24.6 Å². The van der Waals surface area contributed by atoms with Crippen LogP contribution < -0.4 is 11.5 Å². The molecule has 4 N–H and O–H groups in total. The Morgan fingerprint density at radius 1 is 1.47 bits per heavy atom. The summed E-state index contributed by atoms with van der Waals surface area (Å²) in [5.74, 6) is -0.363. The minimum absolute atomic E-state index is 0.217. The number of carbonyl (C=O) groups is 1. The van der Waals surface area contributed by atoms with E-state index in [4.69, 9.17) is 11.5 Å². The summed E-state index contributed by atoms with van der Waals surface area (Å²) in [6.45, 7) is 0.497. The van der Waals surface area contributed by atoms with Crippen LogP contribution in [0.25, 0.3) is 0 Å². The minimum Gasteiger partial charge on any atom is -0.465 e. The van der Waals surface area contributed by atoms with Crippen LogP contribution in [0.15, 0.2) is 24.3 Å². The Kier molecular flexibility index (Phi) is 4.27. The number of hydrogen-bond acceptors (Lipinski definition) is 4. The molecule has 1 rings (SSSR count). The topological polar surface area (TPSA) is 78.3 Å². The number of methoxy groups -OCH3 is 1. The molecule has 0 heterocycles. The molecular formula is C11H16N2O2. The van der Waals surface area contributed by atoms with Crippen molar-refractivity contribution in [2.45, 2.75) is 12.5 Å². The van der Waals surface area contributed by atoms with Crippen LogP contribution in [0.1, 0.15) is 28.4 Å². The fourth-order valence-corrected chi connectivity index (χ4v) is 1.45. The van der Waals surface area contributed by atoms with Crippen molar-refractivity contribution in [3.8, 4) is 0 Å². The summed E-state index contributed by atoms with van der Waals surface area (Å²) in [7, 11) is 1.35. The second-order valence-electron chi connectivity index (χ2n) is 3.26. The van der Waals surface area contributed by atoms with E-state index in [1.54, 1.807) is 12.1 Å². The van der Waals surface area contributed by atoms with Gasteiger partial charge in [0.15, 0.2) is 0 Å². The lowest BCUT2D eigenvalue weighted by molar-refractivity contribution is 0.0599. The van der Waals surface area contributed by atoms with Crippen LogP contribution in [-0.4, -0.2) is 19.6 Å². The summed E-state index contributed by atoms with van der Waals surface area (Å²) in [4.78, 5) is 11.4. The van der Waals surface area contributed by atoms with E-state index in [-0.39, 0.29) is 12.0 Å². The lowest BCUT2D eigenvalue weighted by atomic mass is 9.99. The van der Waals surface area contributed by atoms with Crippen LogP contribution in [0, 0.1) is 0 Å². The van der Waals surface area contributed by atoms with Crippen molar-refractivity contribution in [1.82, 2.24) is 0 Å². The minimum atomic E-state index is -0.363. The maximum absolute atomic E-state index is 11.4. The first-order chi connectivity index (χ1) is 7.20. The van der Waals surface area contributed by atoms with Crippen molar-refractivity contribution >= 4 is 5.97 Å². The van der Waals surface area contributed by atoms with E-state index in [9.17, 15) is 4.79 Å². The maximum Gasteiger partial charge on any atom is 0.338 e. The highest BCUT2D eigenvalue weighted by molar-refractivity contribution is 5.91. The normalized spacial score (nSPS) is 12.2. The van der Waals surface area contributed by atoms with Gasteiger partial charge in [-0.3, -0.25) is 0 Å². The van der Waals surface area contributed by atoms with Gasteiger partial charge < -0.3 is 16.2 Å².